The third-order valence-electron chi connectivity index (χ3n) is 3.89. The van der Waals surface area contributed by atoms with Gasteiger partial charge < -0.3 is 19.7 Å². The van der Waals surface area contributed by atoms with Gasteiger partial charge in [-0.1, -0.05) is 0 Å². The van der Waals surface area contributed by atoms with E-state index in [1.807, 2.05) is 25.7 Å². The predicted octanol–water partition coefficient (Wildman–Crippen LogP) is 3.66. The van der Waals surface area contributed by atoms with Crippen LogP contribution in [0.5, 0.6) is 11.8 Å². The first-order chi connectivity index (χ1) is 14.1. The van der Waals surface area contributed by atoms with E-state index in [0.717, 1.165) is 25.2 Å². The Morgan fingerprint density at radius 1 is 1.10 bits per heavy atom. The molecule has 0 amide bonds. The van der Waals surface area contributed by atoms with E-state index in [-0.39, 0.29) is 17.4 Å². The molecule has 1 aliphatic rings. The number of carbonyl (C=O) groups excluding carboxylic acids is 1. The van der Waals surface area contributed by atoms with Crippen molar-refractivity contribution in [1.29, 1.82) is 0 Å². The molecule has 164 valence electrons. The van der Waals surface area contributed by atoms with Crippen LogP contribution in [-0.2, 0) is 15.7 Å². The summed E-state index contributed by atoms with van der Waals surface area (Å²) in [5.41, 5.74) is -0.476. The molecule has 7 nitrogen and oxygen atoms in total. The van der Waals surface area contributed by atoms with E-state index >= 15 is 0 Å². The van der Waals surface area contributed by atoms with Crippen molar-refractivity contribution in [2.45, 2.75) is 32.5 Å². The Kier molecular flexibility index (Phi) is 7.99. The van der Waals surface area contributed by atoms with Crippen LogP contribution in [0.1, 0.15) is 26.3 Å². The first-order valence-corrected chi connectivity index (χ1v) is 9.33. The average Bonchev–Trinajstić information content (AvgIpc) is 2.68. The van der Waals surface area contributed by atoms with Crippen molar-refractivity contribution in [3.05, 3.63) is 42.2 Å². The molecule has 1 aliphatic heterocycles. The van der Waals surface area contributed by atoms with E-state index in [1.165, 1.54) is 18.5 Å². The van der Waals surface area contributed by atoms with Gasteiger partial charge >= 0.3 is 12.2 Å². The van der Waals surface area contributed by atoms with Gasteiger partial charge in [0.05, 0.1) is 11.3 Å². The molecule has 0 aliphatic carbocycles. The Bertz CT molecular complexity index is 805. The molecule has 0 atom stereocenters. The van der Waals surface area contributed by atoms with Crippen molar-refractivity contribution in [3.63, 3.8) is 0 Å². The number of hydrogen-bond donors (Lipinski definition) is 1. The highest BCUT2D eigenvalue weighted by Crippen LogP contribution is 2.38. The summed E-state index contributed by atoms with van der Waals surface area (Å²) in [6.45, 7) is 8.84. The highest BCUT2D eigenvalue weighted by atomic mass is 19.4. The van der Waals surface area contributed by atoms with Crippen LogP contribution in [0.15, 0.2) is 36.7 Å². The number of hydrogen-bond acceptors (Lipinski definition) is 7. The second-order valence-corrected chi connectivity index (χ2v) is 7.38. The lowest BCUT2D eigenvalue weighted by molar-refractivity contribution is -0.139. The first-order valence-electron chi connectivity index (χ1n) is 9.33. The number of piperazine rings is 1. The van der Waals surface area contributed by atoms with Crippen LogP contribution in [-0.4, -0.2) is 48.2 Å². The summed E-state index contributed by atoms with van der Waals surface area (Å²) in [4.78, 5) is 19.4. The van der Waals surface area contributed by atoms with Crippen LogP contribution < -0.4 is 15.0 Å². The van der Waals surface area contributed by atoms with E-state index < -0.39 is 11.7 Å². The summed E-state index contributed by atoms with van der Waals surface area (Å²) in [6.07, 6.45) is -1.49. The number of halogens is 3. The molecule has 2 heterocycles. The minimum Gasteiger partial charge on any atom is -0.462 e. The quantitative estimate of drug-likeness (QED) is 0.748. The first kappa shape index (κ1) is 23.4. The molecule has 3 rings (SSSR count). The Morgan fingerprint density at radius 2 is 1.73 bits per heavy atom. The summed E-state index contributed by atoms with van der Waals surface area (Å²) in [6, 6.07) is 5.12. The lowest BCUT2D eigenvalue weighted by atomic mass is 10.1. The van der Waals surface area contributed by atoms with Gasteiger partial charge in [-0.3, -0.25) is 4.79 Å². The molecule has 1 fully saturated rings. The maximum Gasteiger partial charge on any atom is 0.416 e. The predicted molar refractivity (Wildman–Crippen MR) is 106 cm³/mol. The van der Waals surface area contributed by atoms with Gasteiger partial charge in [-0.05, 0) is 45.0 Å². The number of anilines is 1. The molecule has 1 aromatic carbocycles. The van der Waals surface area contributed by atoms with Crippen LogP contribution in [0, 0.1) is 0 Å². The number of carbonyl (C=O) groups is 1. The summed E-state index contributed by atoms with van der Waals surface area (Å²) in [5.74, 6) is 0.105. The van der Waals surface area contributed by atoms with Gasteiger partial charge in [-0.25, -0.2) is 9.97 Å². The monoisotopic (exact) mass is 426 g/mol. The van der Waals surface area contributed by atoms with Crippen molar-refractivity contribution in [3.8, 4) is 11.8 Å². The number of nitrogens with one attached hydrogen (secondary N) is 1. The Labute approximate surface area is 173 Å². The maximum atomic E-state index is 13.0. The third-order valence-corrected chi connectivity index (χ3v) is 3.89. The molecule has 10 heteroatoms. The molecular weight excluding hydrogens is 401 g/mol. The van der Waals surface area contributed by atoms with E-state index in [2.05, 4.69) is 20.0 Å². The fourth-order valence-corrected chi connectivity index (χ4v) is 2.52. The number of benzene rings is 1. The van der Waals surface area contributed by atoms with Crippen molar-refractivity contribution in [2.24, 2.45) is 0 Å². The third kappa shape index (κ3) is 7.51. The molecule has 1 saturated heterocycles. The molecular formula is C20H25F3N4O3. The number of aromatic nitrogens is 2. The van der Waals surface area contributed by atoms with Crippen LogP contribution in [0.3, 0.4) is 0 Å². The zero-order chi connectivity index (χ0) is 22.2. The molecule has 1 N–H and O–H groups in total. The summed E-state index contributed by atoms with van der Waals surface area (Å²) >= 11 is 0. The van der Waals surface area contributed by atoms with Gasteiger partial charge in [0.2, 0.25) is 0 Å². The Balaban J connectivity index is 0.000000396. The molecule has 0 bridgehead atoms. The van der Waals surface area contributed by atoms with Crippen molar-refractivity contribution < 1.29 is 27.4 Å². The minimum atomic E-state index is -4.43. The zero-order valence-electron chi connectivity index (χ0n) is 17.1. The SMILES string of the molecule is CC(C)(C)OC=O.FC(F)(F)c1ccc(N2CCNCC2)c(Oc2ncccn2)c1. The van der Waals surface area contributed by atoms with Gasteiger partial charge in [0.15, 0.2) is 5.75 Å². The van der Waals surface area contributed by atoms with Crippen LogP contribution in [0.2, 0.25) is 0 Å². The van der Waals surface area contributed by atoms with E-state index in [1.54, 1.807) is 6.07 Å². The number of alkyl halides is 3. The maximum absolute atomic E-state index is 13.0. The topological polar surface area (TPSA) is 76.6 Å². The van der Waals surface area contributed by atoms with Gasteiger partial charge in [0, 0.05) is 38.6 Å². The molecule has 2 aromatic rings. The summed E-state index contributed by atoms with van der Waals surface area (Å²) in [5, 5.41) is 3.20. The number of ether oxygens (including phenoxy) is 2. The zero-order valence-corrected chi connectivity index (χ0v) is 17.1. The second-order valence-electron chi connectivity index (χ2n) is 7.38. The molecule has 30 heavy (non-hydrogen) atoms. The van der Waals surface area contributed by atoms with Crippen molar-refractivity contribution in [1.82, 2.24) is 15.3 Å². The Hall–Kier alpha value is -2.88. The molecule has 0 unspecified atom stereocenters. The molecule has 0 spiro atoms. The smallest absolute Gasteiger partial charge is 0.416 e. The largest absolute Gasteiger partial charge is 0.462 e. The molecule has 1 aromatic heterocycles. The van der Waals surface area contributed by atoms with Gasteiger partial charge in [-0.2, -0.15) is 13.2 Å². The fraction of sp³-hybridized carbons (Fsp3) is 0.450. The normalized spacial score (nSPS) is 14.4. The Morgan fingerprint density at radius 3 is 2.23 bits per heavy atom. The standard InChI is InChI=1S/C15H15F3N4O.C5H10O2/c16-15(17,18)11-2-3-12(22-8-6-19-7-9-22)13(10-11)23-14-20-4-1-5-21-14;1-5(2,3)7-4-6/h1-5,10,19H,6-9H2;4H,1-3H3. The van der Waals surface area contributed by atoms with Gasteiger partial charge in [0.25, 0.3) is 6.47 Å². The second kappa shape index (κ2) is 10.2. The van der Waals surface area contributed by atoms with E-state index in [9.17, 15) is 18.0 Å². The van der Waals surface area contributed by atoms with Crippen LogP contribution in [0.4, 0.5) is 18.9 Å². The van der Waals surface area contributed by atoms with Gasteiger partial charge in [0.1, 0.15) is 5.60 Å². The number of rotatable bonds is 4. The molecule has 0 saturated carbocycles. The fourth-order valence-electron chi connectivity index (χ4n) is 2.52. The van der Waals surface area contributed by atoms with Crippen LogP contribution >= 0.6 is 0 Å². The van der Waals surface area contributed by atoms with E-state index in [4.69, 9.17) is 4.74 Å². The minimum absolute atomic E-state index is 0.0169. The van der Waals surface area contributed by atoms with Crippen molar-refractivity contribution >= 4 is 12.2 Å². The van der Waals surface area contributed by atoms with Crippen molar-refractivity contribution in [2.75, 3.05) is 31.1 Å². The van der Waals surface area contributed by atoms with E-state index in [0.29, 0.717) is 25.2 Å². The lowest BCUT2D eigenvalue weighted by Crippen LogP contribution is -2.43. The van der Waals surface area contributed by atoms with Gasteiger partial charge in [-0.15, -0.1) is 0 Å². The van der Waals surface area contributed by atoms with Crippen LogP contribution in [0.25, 0.3) is 0 Å². The summed E-state index contributed by atoms with van der Waals surface area (Å²) in [7, 11) is 0. The average molecular weight is 426 g/mol. The number of nitrogens with zero attached hydrogens (tertiary/aromatic N) is 3. The highest BCUT2D eigenvalue weighted by Gasteiger charge is 2.32. The molecule has 0 radical (unpaired) electrons. The lowest BCUT2D eigenvalue weighted by Gasteiger charge is -2.30. The summed E-state index contributed by atoms with van der Waals surface area (Å²) < 4.78 is 49.0. The highest BCUT2D eigenvalue weighted by molar-refractivity contribution is 5.61.